The minimum Gasteiger partial charge on any atom is -0.347 e. The third-order valence-electron chi connectivity index (χ3n) is 5.17. The number of anilines is 2. The van der Waals surface area contributed by atoms with Crippen LogP contribution in [0.15, 0.2) is 24.3 Å². The number of likely N-dealkylation sites (N-methyl/N-ethyl adjacent to an activating group) is 1. The molecule has 26 heavy (non-hydrogen) atoms. The molecule has 2 aliphatic rings. The molecule has 1 aromatic carbocycles. The highest BCUT2D eigenvalue weighted by Crippen LogP contribution is 2.37. The second kappa shape index (κ2) is 7.35. The minimum atomic E-state index is -0.476. The van der Waals surface area contributed by atoms with Gasteiger partial charge in [-0.1, -0.05) is 31.4 Å². The van der Waals surface area contributed by atoms with Crippen LogP contribution in [0, 0.1) is 0 Å². The Bertz CT molecular complexity index is 712. The number of para-hydroxylation sites is 2. The lowest BCUT2D eigenvalue weighted by Crippen LogP contribution is -2.51. The van der Waals surface area contributed by atoms with Gasteiger partial charge in [0.2, 0.25) is 5.91 Å². The molecule has 1 saturated carbocycles. The molecule has 0 spiro atoms. The molecule has 0 radical (unpaired) electrons. The van der Waals surface area contributed by atoms with E-state index in [1.165, 1.54) is 23.3 Å². The first-order valence-corrected chi connectivity index (χ1v) is 9.09. The van der Waals surface area contributed by atoms with Crippen molar-refractivity contribution in [1.29, 1.82) is 0 Å². The van der Waals surface area contributed by atoms with E-state index < -0.39 is 6.03 Å². The van der Waals surface area contributed by atoms with E-state index >= 15 is 0 Å². The molecule has 0 atom stereocenters. The average molecular weight is 358 g/mol. The zero-order valence-corrected chi connectivity index (χ0v) is 15.6. The molecule has 1 aromatic rings. The Kier molecular flexibility index (Phi) is 5.15. The number of nitrogens with zero attached hydrogens (tertiary/aromatic N) is 4. The largest absolute Gasteiger partial charge is 0.347 e. The van der Waals surface area contributed by atoms with E-state index in [1.54, 1.807) is 25.1 Å². The number of benzene rings is 1. The first-order valence-electron chi connectivity index (χ1n) is 9.09. The van der Waals surface area contributed by atoms with Crippen LogP contribution >= 0.6 is 0 Å². The number of hydrogen-bond donors (Lipinski definition) is 0. The van der Waals surface area contributed by atoms with Crippen LogP contribution in [0.3, 0.4) is 0 Å². The number of hydrogen-bond acceptors (Lipinski definition) is 3. The molecule has 1 heterocycles. The Hall–Kier alpha value is -2.57. The van der Waals surface area contributed by atoms with Gasteiger partial charge < -0.3 is 4.90 Å². The predicted molar refractivity (Wildman–Crippen MR) is 100 cm³/mol. The molecule has 0 saturated heterocycles. The first kappa shape index (κ1) is 18.2. The summed E-state index contributed by atoms with van der Waals surface area (Å²) in [5.41, 5.74) is 1.31. The van der Waals surface area contributed by atoms with Gasteiger partial charge in [-0.3, -0.25) is 14.6 Å². The van der Waals surface area contributed by atoms with Crippen LogP contribution in [-0.2, 0) is 4.79 Å². The number of amides is 5. The summed E-state index contributed by atoms with van der Waals surface area (Å²) in [7, 11) is 4.79. The fraction of sp³-hybridized carbons (Fsp3) is 0.526. The maximum Gasteiger partial charge on any atom is 0.332 e. The summed E-state index contributed by atoms with van der Waals surface area (Å²) >= 11 is 0. The van der Waals surface area contributed by atoms with E-state index in [4.69, 9.17) is 0 Å². The number of carbonyl (C=O) groups is 3. The Morgan fingerprint density at radius 1 is 1.04 bits per heavy atom. The molecule has 140 valence electrons. The fourth-order valence-electron chi connectivity index (χ4n) is 3.65. The van der Waals surface area contributed by atoms with Gasteiger partial charge in [-0.15, -0.1) is 0 Å². The van der Waals surface area contributed by atoms with E-state index in [0.29, 0.717) is 11.4 Å². The SMILES string of the molecule is CN(C)C(=O)CN1C(=O)N(C)C(=O)N(C2CCCCC2)c2ccccc21. The summed E-state index contributed by atoms with van der Waals surface area (Å²) < 4.78 is 0. The van der Waals surface area contributed by atoms with Crippen LogP contribution in [0.2, 0.25) is 0 Å². The molecule has 1 fully saturated rings. The maximum absolute atomic E-state index is 13.1. The smallest absolute Gasteiger partial charge is 0.332 e. The summed E-state index contributed by atoms with van der Waals surface area (Å²) in [5.74, 6) is -0.194. The number of urea groups is 2. The molecular formula is C19H26N4O3. The van der Waals surface area contributed by atoms with Crippen molar-refractivity contribution >= 4 is 29.3 Å². The molecular weight excluding hydrogens is 332 g/mol. The van der Waals surface area contributed by atoms with Gasteiger partial charge >= 0.3 is 12.1 Å². The molecule has 1 aliphatic carbocycles. The van der Waals surface area contributed by atoms with E-state index in [-0.39, 0.29) is 24.5 Å². The standard InChI is InChI=1S/C19H26N4O3/c1-20(2)17(24)13-22-15-11-7-8-12-16(15)23(14-9-5-4-6-10-14)19(26)21(3)18(22)25/h7-8,11-12,14H,4-6,9-10,13H2,1-3H3. The zero-order valence-electron chi connectivity index (χ0n) is 15.6. The molecule has 0 unspecified atom stereocenters. The van der Waals surface area contributed by atoms with E-state index in [2.05, 4.69) is 0 Å². The van der Waals surface area contributed by atoms with E-state index in [1.807, 2.05) is 18.2 Å². The van der Waals surface area contributed by atoms with Crippen molar-refractivity contribution in [2.45, 2.75) is 38.1 Å². The Morgan fingerprint density at radius 3 is 2.27 bits per heavy atom. The van der Waals surface area contributed by atoms with E-state index in [0.717, 1.165) is 30.6 Å². The molecule has 0 N–H and O–H groups in total. The molecule has 7 nitrogen and oxygen atoms in total. The summed E-state index contributed by atoms with van der Waals surface area (Å²) in [6.07, 6.45) is 5.20. The van der Waals surface area contributed by atoms with Gasteiger partial charge in [0, 0.05) is 27.2 Å². The van der Waals surface area contributed by atoms with Crippen molar-refractivity contribution in [3.63, 3.8) is 0 Å². The first-order chi connectivity index (χ1) is 12.4. The van der Waals surface area contributed by atoms with Crippen molar-refractivity contribution < 1.29 is 14.4 Å². The highest BCUT2D eigenvalue weighted by Gasteiger charge is 2.39. The van der Waals surface area contributed by atoms with Crippen LogP contribution in [0.25, 0.3) is 0 Å². The van der Waals surface area contributed by atoms with Crippen LogP contribution in [-0.4, -0.2) is 61.5 Å². The predicted octanol–water partition coefficient (Wildman–Crippen LogP) is 2.91. The second-order valence-electron chi connectivity index (χ2n) is 7.15. The molecule has 3 rings (SSSR count). The quantitative estimate of drug-likeness (QED) is 0.834. The van der Waals surface area contributed by atoms with Gasteiger partial charge in [-0.2, -0.15) is 0 Å². The molecule has 1 aliphatic heterocycles. The van der Waals surface area contributed by atoms with Crippen molar-refractivity contribution in [2.24, 2.45) is 0 Å². The Labute approximate surface area is 154 Å². The molecule has 0 aromatic heterocycles. The molecule has 5 amide bonds. The highest BCUT2D eigenvalue weighted by atomic mass is 16.2. The van der Waals surface area contributed by atoms with Crippen molar-refractivity contribution in [3.05, 3.63) is 24.3 Å². The van der Waals surface area contributed by atoms with Gasteiger partial charge in [0.1, 0.15) is 6.54 Å². The van der Waals surface area contributed by atoms with Crippen LogP contribution in [0.1, 0.15) is 32.1 Å². The second-order valence-corrected chi connectivity index (χ2v) is 7.15. The summed E-state index contributed by atoms with van der Waals surface area (Å²) in [5, 5.41) is 0. The normalized spacial score (nSPS) is 18.7. The highest BCUT2D eigenvalue weighted by molar-refractivity contribution is 6.14. The lowest BCUT2D eigenvalue weighted by molar-refractivity contribution is -0.127. The third kappa shape index (κ3) is 3.25. The van der Waals surface area contributed by atoms with Crippen molar-refractivity contribution in [2.75, 3.05) is 37.5 Å². The minimum absolute atomic E-state index is 0.0807. The Balaban J connectivity index is 2.06. The van der Waals surface area contributed by atoms with Crippen LogP contribution in [0.5, 0.6) is 0 Å². The van der Waals surface area contributed by atoms with E-state index in [9.17, 15) is 14.4 Å². The number of imide groups is 1. The number of fused-ring (bicyclic) bond motifs is 1. The lowest BCUT2D eigenvalue weighted by atomic mass is 9.94. The number of carbonyl (C=O) groups excluding carboxylic acids is 3. The average Bonchev–Trinajstić information content (AvgIpc) is 2.72. The summed E-state index contributed by atoms with van der Waals surface area (Å²) in [4.78, 5) is 44.0. The van der Waals surface area contributed by atoms with Crippen molar-refractivity contribution in [3.8, 4) is 0 Å². The number of rotatable bonds is 3. The third-order valence-corrected chi connectivity index (χ3v) is 5.17. The maximum atomic E-state index is 13.1. The van der Waals surface area contributed by atoms with Gasteiger partial charge in [-0.25, -0.2) is 14.5 Å². The fourth-order valence-corrected chi connectivity index (χ4v) is 3.65. The summed E-state index contributed by atoms with van der Waals surface area (Å²) in [6.45, 7) is -0.0982. The lowest BCUT2D eigenvalue weighted by Gasteiger charge is -2.35. The Morgan fingerprint density at radius 2 is 1.65 bits per heavy atom. The van der Waals surface area contributed by atoms with Crippen molar-refractivity contribution in [1.82, 2.24) is 9.80 Å². The van der Waals surface area contributed by atoms with Gasteiger partial charge in [-0.05, 0) is 25.0 Å². The summed E-state index contributed by atoms with van der Waals surface area (Å²) in [6, 6.07) is 6.64. The topological polar surface area (TPSA) is 64.2 Å². The molecule has 7 heteroatoms. The van der Waals surface area contributed by atoms with Crippen LogP contribution in [0.4, 0.5) is 21.0 Å². The van der Waals surface area contributed by atoms with Gasteiger partial charge in [0.05, 0.1) is 11.4 Å². The van der Waals surface area contributed by atoms with Gasteiger partial charge in [0.15, 0.2) is 0 Å². The molecule has 0 bridgehead atoms. The van der Waals surface area contributed by atoms with Crippen LogP contribution < -0.4 is 9.80 Å². The zero-order chi connectivity index (χ0) is 18.8. The monoisotopic (exact) mass is 358 g/mol. The van der Waals surface area contributed by atoms with Gasteiger partial charge in [0.25, 0.3) is 0 Å².